The van der Waals surface area contributed by atoms with Crippen molar-refractivity contribution < 1.29 is 73.2 Å². The van der Waals surface area contributed by atoms with Gasteiger partial charge < -0.3 is 68.8 Å². The number of benzene rings is 5. The van der Waals surface area contributed by atoms with E-state index in [-0.39, 0.29) is 34.7 Å². The molecular formula is C113H130ClFN18O14. The maximum atomic E-state index is 13.3. The van der Waals surface area contributed by atoms with Gasteiger partial charge >= 0.3 is 35.9 Å². The van der Waals surface area contributed by atoms with E-state index in [1.165, 1.54) is 46.1 Å². The number of carbonyl (C=O) groups is 5. The molecule has 770 valence electrons. The van der Waals surface area contributed by atoms with Crippen LogP contribution in [0, 0.1) is 47.4 Å². The molecule has 10 heterocycles. The van der Waals surface area contributed by atoms with Gasteiger partial charge in [-0.05, 0) is 270 Å². The highest BCUT2D eigenvalue weighted by molar-refractivity contribution is 6.30. The summed E-state index contributed by atoms with van der Waals surface area (Å²) in [5, 5.41) is 75.9. The van der Waals surface area contributed by atoms with Crippen LogP contribution in [0.4, 0.5) is 4.39 Å². The summed E-state index contributed by atoms with van der Waals surface area (Å²) < 4.78 is 38.4. The van der Waals surface area contributed by atoms with Crippen molar-refractivity contribution in [3.63, 3.8) is 0 Å². The number of aromatic carboxylic acids is 5. The lowest BCUT2D eigenvalue weighted by Crippen LogP contribution is -2.18. The fraction of sp³-hybridized carbons (Fsp3) is 0.336. The van der Waals surface area contributed by atoms with E-state index in [1.54, 1.807) is 107 Å². The number of imidazole rings is 2. The molecule has 5 aromatic carbocycles. The van der Waals surface area contributed by atoms with E-state index in [0.29, 0.717) is 104 Å². The van der Waals surface area contributed by atoms with E-state index in [1.807, 2.05) is 95.1 Å². The van der Waals surface area contributed by atoms with Crippen molar-refractivity contribution in [3.05, 3.63) is 394 Å². The molecule has 7 N–H and O–H groups in total. The van der Waals surface area contributed by atoms with Crippen LogP contribution >= 0.6 is 11.6 Å². The van der Waals surface area contributed by atoms with E-state index in [9.17, 15) is 59.0 Å². The van der Waals surface area contributed by atoms with Gasteiger partial charge in [0.25, 0.3) is 0 Å². The van der Waals surface area contributed by atoms with E-state index >= 15 is 0 Å². The summed E-state index contributed by atoms with van der Waals surface area (Å²) in [6.07, 6.45) is 20.4. The number of methoxy groups -OCH3 is 2. The number of rotatable bonds is 47. The number of hydrogen-bond donors (Lipinski definition) is 7. The third-order valence-electron chi connectivity index (χ3n) is 23.8. The molecule has 0 aliphatic heterocycles. The molecule has 0 bridgehead atoms. The minimum absolute atomic E-state index is 0.141. The van der Waals surface area contributed by atoms with Gasteiger partial charge in [0.1, 0.15) is 41.2 Å². The third-order valence-corrected chi connectivity index (χ3v) is 24.1. The Balaban J connectivity index is 0.000000175. The lowest BCUT2D eigenvalue weighted by molar-refractivity contribution is 0.0685. The molecule has 34 heteroatoms. The molecular weight excluding hydrogens is 1890 g/mol. The van der Waals surface area contributed by atoms with Gasteiger partial charge in [0.15, 0.2) is 0 Å². The summed E-state index contributed by atoms with van der Waals surface area (Å²) >= 11 is 6.14. The maximum absolute atomic E-state index is 13.3. The molecule has 32 nitrogen and oxygen atoms in total. The van der Waals surface area contributed by atoms with Gasteiger partial charge in [-0.15, -0.1) is 15.3 Å². The number of nitrogens with one attached hydrogen (secondary N) is 1. The van der Waals surface area contributed by atoms with Gasteiger partial charge in [0.2, 0.25) is 5.88 Å². The second-order valence-corrected chi connectivity index (χ2v) is 36.5. The highest BCUT2D eigenvalue weighted by Crippen LogP contribution is 2.27. The topological polar surface area (TPSA) is 424 Å². The SMILES string of the molecule is CCc1cnc(CCCc2cc(C(=O)O)cc(C)n2)n1CCCc1ccccc1.COc1ccc(OCCc2ccccc2)c(CCCCc2cc(C(=O)O)cc(CO)n2)n1.COc1nnc(CNCc2cc(C(=O)O)cc(C)n2)n1Cc1ccc(C)cc1.Cc1cc(C(=O)O)cc(CCCc2ncc(CN(C)C)n2Cc2ccc(F)cc2)n1.Cc1cc(Cl)cc(CCn2cnnc2CCCc2cc(C(=O)O)cc(C)n2)c1. The monoisotopic (exact) mass is 2020 g/mol. The van der Waals surface area contributed by atoms with E-state index in [0.717, 1.165) is 200 Å². The molecule has 15 aromatic rings. The number of aryl methyl sites for hydroxylation is 18. The van der Waals surface area contributed by atoms with Crippen molar-refractivity contribution in [3.8, 4) is 17.6 Å². The molecule has 0 spiro atoms. The minimum atomic E-state index is -1.03. The average Bonchev–Trinajstić information content (AvgIpc) is 1.69. The van der Waals surface area contributed by atoms with E-state index in [2.05, 4.69) is 164 Å². The first-order valence-corrected chi connectivity index (χ1v) is 49.4. The van der Waals surface area contributed by atoms with Crippen LogP contribution in [0.5, 0.6) is 17.6 Å². The molecule has 10 aromatic heterocycles. The number of hydrogen-bond acceptors (Lipinski definition) is 23. The van der Waals surface area contributed by atoms with Crippen molar-refractivity contribution in [2.75, 3.05) is 34.9 Å². The Labute approximate surface area is 861 Å². The number of aromatic nitrogens is 16. The molecule has 0 atom stereocenters. The van der Waals surface area contributed by atoms with Gasteiger partial charge in [-0.25, -0.2) is 43.3 Å². The van der Waals surface area contributed by atoms with Gasteiger partial charge in [-0.1, -0.05) is 132 Å². The third kappa shape index (κ3) is 36.7. The Kier molecular flexibility index (Phi) is 43.6. The molecule has 0 unspecified atom stereocenters. The van der Waals surface area contributed by atoms with Crippen LogP contribution in [0.2, 0.25) is 5.02 Å². The number of carboxylic acid groups (broad SMARTS) is 5. The van der Waals surface area contributed by atoms with Crippen LogP contribution in [0.15, 0.2) is 219 Å². The van der Waals surface area contributed by atoms with Crippen molar-refractivity contribution in [1.82, 2.24) is 88.8 Å². The molecule has 0 radical (unpaired) electrons. The quantitative estimate of drug-likeness (QED) is 0.0174. The van der Waals surface area contributed by atoms with E-state index in [4.69, 9.17) is 25.8 Å². The number of aliphatic hydroxyl groups is 1. The number of carboxylic acids is 5. The minimum Gasteiger partial charge on any atom is -0.491 e. The Morgan fingerprint density at radius 2 is 0.905 bits per heavy atom. The van der Waals surface area contributed by atoms with Crippen LogP contribution in [0.25, 0.3) is 0 Å². The molecule has 147 heavy (non-hydrogen) atoms. The fourth-order valence-corrected chi connectivity index (χ4v) is 17.1. The summed E-state index contributed by atoms with van der Waals surface area (Å²) in [6.45, 7) is 18.4. The first-order chi connectivity index (χ1) is 70.8. The zero-order chi connectivity index (χ0) is 105. The molecule has 0 amide bonds. The van der Waals surface area contributed by atoms with Crippen LogP contribution < -0.4 is 19.5 Å². The first kappa shape index (κ1) is 112. The number of nitrogens with zero attached hydrogens (tertiary/aromatic N) is 17. The average molecular weight is 2020 g/mol. The van der Waals surface area contributed by atoms with Crippen LogP contribution in [-0.2, 0) is 129 Å². The molecule has 0 aliphatic rings. The van der Waals surface area contributed by atoms with Crippen LogP contribution in [0.1, 0.15) is 234 Å². The van der Waals surface area contributed by atoms with E-state index < -0.39 is 29.8 Å². The number of ether oxygens (including phenoxy) is 3. The van der Waals surface area contributed by atoms with Gasteiger partial charge in [-0.3, -0.25) is 29.5 Å². The number of unbranched alkanes of at least 4 members (excludes halogenated alkanes) is 1. The zero-order valence-corrected chi connectivity index (χ0v) is 85.9. The standard InChI is InChI=1S/C25H28N2O5.C24H29N3O2.C23H27FN4O2.C21H23ClN4O2.C20H23N5O3/c1-31-24-12-11-23(32-14-13-18-7-3-2-4-8-18)22(27-24)10-6-5-9-20-15-19(25(29)30)16-21(17-28)26-20;1-3-22-17-25-23(27(22)14-8-11-19-9-5-4-6-10-19)13-7-12-21-16-20(24(28)29)15-18(2)26-21;1-16-11-18(23(29)30)12-20(26-16)5-4-6-22-25-13-21(15-27(2)3)28(22)14-17-7-9-19(24)10-8-17;1-14-8-16(11-18(22)9-14)6-7-26-13-23-25-20(26)5-3-4-19-12-17(21(27)28)10-15(2)24-19;1-13-4-6-15(7-5-13)12-25-18(23-24-20(25)28-3)11-21-10-17-9-16(19(26)27)8-14(2)22-17/h2-4,7-8,11-12,15-16,28H,5-6,9-10,13-14,17H2,1H3,(H,29,30);4-6,9-10,15-17H,3,7-8,11-14H2,1-2H3,(H,28,29);7-13H,4-6,14-15H2,1-3H3,(H,29,30);8-13H,3-7H2,1-2H3,(H,27,28);4-9,21H,10-12H2,1-3H3,(H,26,27). The number of halogens is 2. The molecule has 0 fully saturated rings. The number of pyridine rings is 6. The lowest BCUT2D eigenvalue weighted by Gasteiger charge is -2.15. The zero-order valence-electron chi connectivity index (χ0n) is 85.2. The predicted octanol–water partition coefficient (Wildman–Crippen LogP) is 18.6. The smallest absolute Gasteiger partial charge is 0.335 e. The maximum Gasteiger partial charge on any atom is 0.335 e. The second kappa shape index (κ2) is 57.3. The Bertz CT molecular complexity index is 6800. The van der Waals surface area contributed by atoms with Gasteiger partial charge in [-0.2, -0.15) is 0 Å². The molecule has 0 saturated carbocycles. The Hall–Kier alpha value is -15.5. The van der Waals surface area contributed by atoms with Gasteiger partial charge in [0.05, 0.1) is 91.1 Å². The summed E-state index contributed by atoms with van der Waals surface area (Å²) in [5.74, 6) is -0.00292. The normalized spacial score (nSPS) is 10.9. The van der Waals surface area contributed by atoms with Crippen LogP contribution in [-0.4, -0.2) is 179 Å². The lowest BCUT2D eigenvalue weighted by atomic mass is 10.1. The highest BCUT2D eigenvalue weighted by atomic mass is 35.5. The number of aliphatic hydroxyl groups excluding tert-OH is 1. The highest BCUT2D eigenvalue weighted by Gasteiger charge is 2.21. The molecule has 0 aliphatic carbocycles. The Morgan fingerprint density at radius 3 is 1.44 bits per heavy atom. The summed E-state index contributed by atoms with van der Waals surface area (Å²) in [4.78, 5) is 94.1. The summed E-state index contributed by atoms with van der Waals surface area (Å²) in [7, 11) is 7.18. The second-order valence-electron chi connectivity index (χ2n) is 36.1. The largest absolute Gasteiger partial charge is 0.491 e. The van der Waals surface area contributed by atoms with Crippen molar-refractivity contribution in [2.45, 2.75) is 216 Å². The predicted molar refractivity (Wildman–Crippen MR) is 559 cm³/mol. The molecule has 0 saturated heterocycles. The molecule has 15 rings (SSSR count). The Morgan fingerprint density at radius 1 is 0.415 bits per heavy atom. The van der Waals surface area contributed by atoms with Crippen LogP contribution in [0.3, 0.4) is 0 Å². The van der Waals surface area contributed by atoms with Crippen molar-refractivity contribution >= 4 is 41.4 Å². The van der Waals surface area contributed by atoms with Crippen molar-refractivity contribution in [2.24, 2.45) is 0 Å². The fourth-order valence-electron chi connectivity index (χ4n) is 16.8. The first-order valence-electron chi connectivity index (χ1n) is 49.1. The van der Waals surface area contributed by atoms with Gasteiger partial charge in [0, 0.05) is 133 Å². The summed E-state index contributed by atoms with van der Waals surface area (Å²) in [5.41, 5.74) is 19.6. The van der Waals surface area contributed by atoms with Crippen molar-refractivity contribution in [1.29, 1.82) is 0 Å². The summed E-state index contributed by atoms with van der Waals surface area (Å²) in [6, 6.07) is 61.5.